The second-order valence-electron chi connectivity index (χ2n) is 3.63. The Bertz CT molecular complexity index is 474. The van der Waals surface area contributed by atoms with Crippen LogP contribution in [0.5, 0.6) is 0 Å². The molecule has 0 N–H and O–H groups in total. The Hall–Kier alpha value is -1.15. The summed E-state index contributed by atoms with van der Waals surface area (Å²) in [5, 5.41) is 0. The van der Waals surface area contributed by atoms with Gasteiger partial charge in [0.25, 0.3) is 0 Å². The van der Waals surface area contributed by atoms with Crippen molar-refractivity contribution in [3.05, 3.63) is 52.1 Å². The lowest BCUT2D eigenvalue weighted by atomic mass is 10.1. The molecular weight excluding hydrogens is 250 g/mol. The van der Waals surface area contributed by atoms with E-state index in [1.54, 1.807) is 0 Å². The molecule has 0 unspecified atom stereocenters. The van der Waals surface area contributed by atoms with Crippen molar-refractivity contribution >= 4 is 15.9 Å². The van der Waals surface area contributed by atoms with E-state index in [-0.39, 0.29) is 0 Å². The maximum atomic E-state index is 4.53. The molecular formula is C13H12BrN. The third-order valence-electron chi connectivity index (χ3n) is 2.37. The molecule has 1 aromatic heterocycles. The Morgan fingerprint density at radius 2 is 1.60 bits per heavy atom. The Labute approximate surface area is 98.3 Å². The minimum atomic E-state index is 1.02. The first-order chi connectivity index (χ1) is 7.16. The van der Waals surface area contributed by atoms with Gasteiger partial charge in [-0.25, -0.2) is 0 Å². The fourth-order valence-corrected chi connectivity index (χ4v) is 1.65. The van der Waals surface area contributed by atoms with Crippen LogP contribution in [-0.4, -0.2) is 4.98 Å². The van der Waals surface area contributed by atoms with Crippen LogP contribution in [0.4, 0.5) is 0 Å². The molecule has 2 heteroatoms. The average molecular weight is 262 g/mol. The Morgan fingerprint density at radius 3 is 2.20 bits per heavy atom. The van der Waals surface area contributed by atoms with Gasteiger partial charge in [0.2, 0.25) is 0 Å². The van der Waals surface area contributed by atoms with Crippen LogP contribution < -0.4 is 0 Å². The van der Waals surface area contributed by atoms with E-state index in [0.717, 1.165) is 21.4 Å². The number of aromatic nitrogens is 1. The predicted molar refractivity (Wildman–Crippen MR) is 66.8 cm³/mol. The van der Waals surface area contributed by atoms with E-state index in [4.69, 9.17) is 0 Å². The van der Waals surface area contributed by atoms with Gasteiger partial charge in [0.05, 0.1) is 11.4 Å². The molecule has 1 heterocycles. The monoisotopic (exact) mass is 261 g/mol. The summed E-state index contributed by atoms with van der Waals surface area (Å²) in [5.74, 6) is 0. The topological polar surface area (TPSA) is 12.9 Å². The summed E-state index contributed by atoms with van der Waals surface area (Å²) < 4.78 is 1.05. The predicted octanol–water partition coefficient (Wildman–Crippen LogP) is 4.13. The van der Waals surface area contributed by atoms with Gasteiger partial charge in [-0.3, -0.25) is 4.98 Å². The smallest absolute Gasteiger partial charge is 0.0706 e. The summed E-state index contributed by atoms with van der Waals surface area (Å²) in [5.41, 5.74) is 4.48. The standard InChI is InChI=1S/C13H12BrN/c1-9-3-5-11(6-4-9)13-8-7-12(14)10(2)15-13/h3-8H,1-2H3. The number of pyridine rings is 1. The number of benzene rings is 1. The fourth-order valence-electron chi connectivity index (χ4n) is 1.43. The summed E-state index contributed by atoms with van der Waals surface area (Å²) in [6.07, 6.45) is 0. The molecule has 15 heavy (non-hydrogen) atoms. The van der Waals surface area contributed by atoms with Gasteiger partial charge in [-0.2, -0.15) is 0 Å². The zero-order valence-electron chi connectivity index (χ0n) is 8.79. The number of rotatable bonds is 1. The minimum Gasteiger partial charge on any atom is -0.252 e. The van der Waals surface area contributed by atoms with Crippen molar-refractivity contribution in [2.24, 2.45) is 0 Å². The first kappa shape index (κ1) is 10.4. The van der Waals surface area contributed by atoms with Crippen molar-refractivity contribution in [1.29, 1.82) is 0 Å². The van der Waals surface area contributed by atoms with Crippen LogP contribution in [-0.2, 0) is 0 Å². The highest BCUT2D eigenvalue weighted by molar-refractivity contribution is 9.10. The Morgan fingerprint density at radius 1 is 0.933 bits per heavy atom. The van der Waals surface area contributed by atoms with Crippen LogP contribution in [0.15, 0.2) is 40.9 Å². The van der Waals surface area contributed by atoms with Gasteiger partial charge in [0, 0.05) is 10.0 Å². The van der Waals surface area contributed by atoms with Gasteiger partial charge >= 0.3 is 0 Å². The lowest BCUT2D eigenvalue weighted by Crippen LogP contribution is -1.87. The molecule has 2 rings (SSSR count). The first-order valence-electron chi connectivity index (χ1n) is 4.87. The summed E-state index contributed by atoms with van der Waals surface area (Å²) in [4.78, 5) is 4.53. The van der Waals surface area contributed by atoms with Crippen LogP contribution in [0.3, 0.4) is 0 Å². The summed E-state index contributed by atoms with van der Waals surface area (Å²) >= 11 is 3.45. The van der Waals surface area contributed by atoms with E-state index in [1.807, 2.05) is 19.1 Å². The average Bonchev–Trinajstić information content (AvgIpc) is 2.23. The first-order valence-corrected chi connectivity index (χ1v) is 5.66. The van der Waals surface area contributed by atoms with Gasteiger partial charge < -0.3 is 0 Å². The van der Waals surface area contributed by atoms with Crippen LogP contribution >= 0.6 is 15.9 Å². The van der Waals surface area contributed by atoms with Gasteiger partial charge in [0.1, 0.15) is 0 Å². The molecule has 0 aliphatic rings. The van der Waals surface area contributed by atoms with E-state index >= 15 is 0 Å². The van der Waals surface area contributed by atoms with E-state index in [1.165, 1.54) is 5.56 Å². The largest absolute Gasteiger partial charge is 0.252 e. The number of nitrogens with zero attached hydrogens (tertiary/aromatic N) is 1. The number of aryl methyl sites for hydroxylation is 2. The Kier molecular flexibility index (Phi) is 2.87. The summed E-state index contributed by atoms with van der Waals surface area (Å²) in [6, 6.07) is 12.5. The molecule has 0 aliphatic heterocycles. The van der Waals surface area contributed by atoms with Gasteiger partial charge in [-0.05, 0) is 41.9 Å². The van der Waals surface area contributed by atoms with Crippen molar-refractivity contribution in [3.63, 3.8) is 0 Å². The van der Waals surface area contributed by atoms with Gasteiger partial charge in [-0.1, -0.05) is 29.8 Å². The zero-order valence-corrected chi connectivity index (χ0v) is 10.4. The molecule has 0 radical (unpaired) electrons. The molecule has 1 aromatic carbocycles. The van der Waals surface area contributed by atoms with E-state index in [2.05, 4.69) is 52.1 Å². The highest BCUT2D eigenvalue weighted by atomic mass is 79.9. The van der Waals surface area contributed by atoms with Crippen LogP contribution in [0.2, 0.25) is 0 Å². The highest BCUT2D eigenvalue weighted by Crippen LogP contribution is 2.21. The van der Waals surface area contributed by atoms with Gasteiger partial charge in [0.15, 0.2) is 0 Å². The molecule has 0 spiro atoms. The Balaban J connectivity index is 2.45. The number of hydrogen-bond acceptors (Lipinski definition) is 1. The molecule has 0 fully saturated rings. The van der Waals surface area contributed by atoms with E-state index in [0.29, 0.717) is 0 Å². The fraction of sp³-hybridized carbons (Fsp3) is 0.154. The second-order valence-corrected chi connectivity index (χ2v) is 4.48. The lowest BCUT2D eigenvalue weighted by Gasteiger charge is -2.03. The summed E-state index contributed by atoms with van der Waals surface area (Å²) in [6.45, 7) is 4.09. The molecule has 0 saturated carbocycles. The highest BCUT2D eigenvalue weighted by Gasteiger charge is 2.01. The van der Waals surface area contributed by atoms with Crippen molar-refractivity contribution < 1.29 is 0 Å². The van der Waals surface area contributed by atoms with Crippen molar-refractivity contribution in [2.75, 3.05) is 0 Å². The van der Waals surface area contributed by atoms with Crippen LogP contribution in [0, 0.1) is 13.8 Å². The van der Waals surface area contributed by atoms with E-state index in [9.17, 15) is 0 Å². The third kappa shape index (κ3) is 2.26. The molecule has 0 atom stereocenters. The lowest BCUT2D eigenvalue weighted by molar-refractivity contribution is 1.18. The van der Waals surface area contributed by atoms with E-state index < -0.39 is 0 Å². The van der Waals surface area contributed by atoms with Crippen molar-refractivity contribution in [1.82, 2.24) is 4.98 Å². The number of hydrogen-bond donors (Lipinski definition) is 0. The SMILES string of the molecule is Cc1ccc(-c2ccc(Br)c(C)n2)cc1. The van der Waals surface area contributed by atoms with Crippen LogP contribution in [0.25, 0.3) is 11.3 Å². The molecule has 1 nitrogen and oxygen atoms in total. The van der Waals surface area contributed by atoms with Crippen molar-refractivity contribution in [2.45, 2.75) is 13.8 Å². The quantitative estimate of drug-likeness (QED) is 0.753. The molecule has 2 aromatic rings. The molecule has 0 amide bonds. The summed E-state index contributed by atoms with van der Waals surface area (Å²) in [7, 11) is 0. The molecule has 0 aliphatic carbocycles. The van der Waals surface area contributed by atoms with Gasteiger partial charge in [-0.15, -0.1) is 0 Å². The molecule has 0 saturated heterocycles. The maximum Gasteiger partial charge on any atom is 0.0706 e. The minimum absolute atomic E-state index is 1.02. The van der Waals surface area contributed by atoms with Crippen molar-refractivity contribution in [3.8, 4) is 11.3 Å². The zero-order chi connectivity index (χ0) is 10.8. The third-order valence-corrected chi connectivity index (χ3v) is 3.21. The van der Waals surface area contributed by atoms with Crippen LogP contribution in [0.1, 0.15) is 11.3 Å². The maximum absolute atomic E-state index is 4.53. The number of halogens is 1. The molecule has 0 bridgehead atoms. The normalized spacial score (nSPS) is 10.3. The molecule has 76 valence electrons. The second kappa shape index (κ2) is 4.15.